The number of benzene rings is 2. The number of hydrogen-bond acceptors (Lipinski definition) is 2. The molecule has 0 aromatic heterocycles. The molecule has 2 aromatic rings. The lowest BCUT2D eigenvalue weighted by Crippen LogP contribution is -2.09. The Morgan fingerprint density at radius 1 is 1.16 bits per heavy atom. The van der Waals surface area contributed by atoms with E-state index in [4.69, 9.17) is 0 Å². The molecule has 1 atom stereocenters. The van der Waals surface area contributed by atoms with E-state index in [0.29, 0.717) is 5.56 Å². The van der Waals surface area contributed by atoms with E-state index in [1.165, 1.54) is 24.3 Å². The van der Waals surface area contributed by atoms with Crippen LogP contribution in [0.1, 0.15) is 18.5 Å². The fraction of sp³-hybridized carbons (Fsp3) is 0.143. The highest BCUT2D eigenvalue weighted by atomic mass is 127. The Kier molecular flexibility index (Phi) is 4.24. The van der Waals surface area contributed by atoms with Gasteiger partial charge in [0.2, 0.25) is 0 Å². The van der Waals surface area contributed by atoms with Gasteiger partial charge in [0, 0.05) is 20.9 Å². The molecule has 0 radical (unpaired) electrons. The SMILES string of the molecule is CC(Nc1ccc(F)cc1I)c1ccc(O)cc1F. The molecule has 0 saturated heterocycles. The van der Waals surface area contributed by atoms with Crippen LogP contribution in [0.3, 0.4) is 0 Å². The smallest absolute Gasteiger partial charge is 0.132 e. The molecular weight excluding hydrogens is 363 g/mol. The predicted octanol–water partition coefficient (Wildman–Crippen LogP) is 4.45. The van der Waals surface area contributed by atoms with Crippen LogP contribution in [0.5, 0.6) is 5.75 Å². The molecule has 0 aliphatic heterocycles. The summed E-state index contributed by atoms with van der Waals surface area (Å²) in [5.41, 5.74) is 1.18. The summed E-state index contributed by atoms with van der Waals surface area (Å²) in [6, 6.07) is 8.12. The van der Waals surface area contributed by atoms with Crippen molar-refractivity contribution < 1.29 is 13.9 Å². The van der Waals surface area contributed by atoms with E-state index < -0.39 is 5.82 Å². The molecule has 1 unspecified atom stereocenters. The van der Waals surface area contributed by atoms with Crippen molar-refractivity contribution in [3.05, 3.63) is 57.2 Å². The number of halogens is 3. The molecule has 2 N–H and O–H groups in total. The largest absolute Gasteiger partial charge is 0.508 e. The van der Waals surface area contributed by atoms with Crippen molar-refractivity contribution in [3.63, 3.8) is 0 Å². The molecule has 5 heteroatoms. The molecule has 0 bridgehead atoms. The molecule has 0 aliphatic rings. The number of rotatable bonds is 3. The van der Waals surface area contributed by atoms with E-state index in [2.05, 4.69) is 5.32 Å². The van der Waals surface area contributed by atoms with Crippen LogP contribution in [0.25, 0.3) is 0 Å². The van der Waals surface area contributed by atoms with Gasteiger partial charge in [-0.3, -0.25) is 0 Å². The molecule has 2 rings (SSSR count). The van der Waals surface area contributed by atoms with Crippen LogP contribution in [-0.4, -0.2) is 5.11 Å². The Morgan fingerprint density at radius 2 is 1.89 bits per heavy atom. The van der Waals surface area contributed by atoms with Gasteiger partial charge in [0.15, 0.2) is 0 Å². The average molecular weight is 375 g/mol. The monoisotopic (exact) mass is 375 g/mol. The molecule has 0 aliphatic carbocycles. The fourth-order valence-corrected chi connectivity index (χ4v) is 2.42. The average Bonchev–Trinajstić information content (AvgIpc) is 2.32. The van der Waals surface area contributed by atoms with E-state index in [0.717, 1.165) is 15.3 Å². The minimum absolute atomic E-state index is 0.107. The summed E-state index contributed by atoms with van der Waals surface area (Å²) in [5.74, 6) is -0.889. The van der Waals surface area contributed by atoms with Gasteiger partial charge in [0.05, 0.1) is 6.04 Å². The van der Waals surface area contributed by atoms with Gasteiger partial charge in [-0.05, 0) is 53.8 Å². The Morgan fingerprint density at radius 3 is 2.53 bits per heavy atom. The highest BCUT2D eigenvalue weighted by Crippen LogP contribution is 2.27. The maximum atomic E-state index is 13.7. The first-order valence-electron chi connectivity index (χ1n) is 5.67. The Labute approximate surface area is 123 Å². The second kappa shape index (κ2) is 5.73. The van der Waals surface area contributed by atoms with Crippen molar-refractivity contribution in [2.75, 3.05) is 5.32 Å². The summed E-state index contributed by atoms with van der Waals surface area (Å²) in [6.07, 6.45) is 0. The van der Waals surface area contributed by atoms with Crippen molar-refractivity contribution in [2.45, 2.75) is 13.0 Å². The summed E-state index contributed by atoms with van der Waals surface area (Å²) in [7, 11) is 0. The van der Waals surface area contributed by atoms with Gasteiger partial charge in [-0.25, -0.2) is 8.78 Å². The molecule has 0 heterocycles. The van der Waals surface area contributed by atoms with E-state index in [-0.39, 0.29) is 17.6 Å². The standard InChI is InChI=1S/C14H12F2INO/c1-8(11-4-3-10(19)7-12(11)16)18-14-5-2-9(15)6-13(14)17/h2-8,18-19H,1H3. The highest BCUT2D eigenvalue weighted by molar-refractivity contribution is 14.1. The summed E-state index contributed by atoms with van der Waals surface area (Å²) < 4.78 is 27.4. The van der Waals surface area contributed by atoms with Crippen molar-refractivity contribution >= 4 is 28.3 Å². The van der Waals surface area contributed by atoms with E-state index >= 15 is 0 Å². The van der Waals surface area contributed by atoms with Crippen LogP contribution in [-0.2, 0) is 0 Å². The normalized spacial score (nSPS) is 12.2. The number of aromatic hydroxyl groups is 1. The Bertz CT molecular complexity index is 604. The molecular formula is C14H12F2INO. The highest BCUT2D eigenvalue weighted by Gasteiger charge is 2.12. The van der Waals surface area contributed by atoms with Crippen LogP contribution in [0.2, 0.25) is 0 Å². The van der Waals surface area contributed by atoms with E-state index in [1.807, 2.05) is 22.6 Å². The molecule has 2 aromatic carbocycles. The number of nitrogens with one attached hydrogen (secondary N) is 1. The van der Waals surface area contributed by atoms with Crippen molar-refractivity contribution in [2.24, 2.45) is 0 Å². The van der Waals surface area contributed by atoms with Gasteiger partial charge in [-0.15, -0.1) is 0 Å². The Balaban J connectivity index is 2.23. The van der Waals surface area contributed by atoms with Crippen LogP contribution in [0.15, 0.2) is 36.4 Å². The molecule has 19 heavy (non-hydrogen) atoms. The van der Waals surface area contributed by atoms with E-state index in [9.17, 15) is 13.9 Å². The first kappa shape index (κ1) is 14.0. The third-order valence-corrected chi connectivity index (χ3v) is 3.65. The van der Waals surface area contributed by atoms with Crippen LogP contribution in [0.4, 0.5) is 14.5 Å². The molecule has 0 fully saturated rings. The first-order valence-corrected chi connectivity index (χ1v) is 6.75. The van der Waals surface area contributed by atoms with Gasteiger partial charge in [-0.1, -0.05) is 6.07 Å². The zero-order valence-corrected chi connectivity index (χ0v) is 12.3. The zero-order chi connectivity index (χ0) is 14.0. The minimum Gasteiger partial charge on any atom is -0.508 e. The third-order valence-electron chi connectivity index (χ3n) is 2.75. The summed E-state index contributed by atoms with van der Waals surface area (Å²) in [5, 5.41) is 12.3. The number of phenols is 1. The number of hydrogen-bond donors (Lipinski definition) is 2. The van der Waals surface area contributed by atoms with Gasteiger partial charge >= 0.3 is 0 Å². The lowest BCUT2D eigenvalue weighted by molar-refractivity contribution is 0.467. The lowest BCUT2D eigenvalue weighted by Gasteiger charge is -2.17. The summed E-state index contributed by atoms with van der Waals surface area (Å²) in [4.78, 5) is 0. The van der Waals surface area contributed by atoms with Gasteiger partial charge < -0.3 is 10.4 Å². The van der Waals surface area contributed by atoms with Crippen LogP contribution in [0, 0.1) is 15.2 Å². The number of anilines is 1. The summed E-state index contributed by atoms with van der Waals surface area (Å²) in [6.45, 7) is 1.80. The van der Waals surface area contributed by atoms with Crippen LogP contribution >= 0.6 is 22.6 Å². The quantitative estimate of drug-likeness (QED) is 0.778. The van der Waals surface area contributed by atoms with Crippen molar-refractivity contribution in [1.82, 2.24) is 0 Å². The number of phenolic OH excluding ortho intramolecular Hbond substituents is 1. The van der Waals surface area contributed by atoms with Crippen LogP contribution < -0.4 is 5.32 Å². The molecule has 2 nitrogen and oxygen atoms in total. The summed E-state index contributed by atoms with van der Waals surface area (Å²) >= 11 is 2.02. The molecule has 0 spiro atoms. The second-order valence-electron chi connectivity index (χ2n) is 4.20. The first-order chi connectivity index (χ1) is 8.97. The van der Waals surface area contributed by atoms with E-state index in [1.54, 1.807) is 13.0 Å². The maximum Gasteiger partial charge on any atom is 0.132 e. The fourth-order valence-electron chi connectivity index (χ4n) is 1.78. The lowest BCUT2D eigenvalue weighted by atomic mass is 10.1. The van der Waals surface area contributed by atoms with Gasteiger partial charge in [-0.2, -0.15) is 0 Å². The second-order valence-corrected chi connectivity index (χ2v) is 5.36. The maximum absolute atomic E-state index is 13.7. The minimum atomic E-state index is -0.475. The third kappa shape index (κ3) is 3.34. The molecule has 100 valence electrons. The Hall–Kier alpha value is -1.37. The van der Waals surface area contributed by atoms with Crippen molar-refractivity contribution in [1.29, 1.82) is 0 Å². The van der Waals surface area contributed by atoms with Gasteiger partial charge in [0.25, 0.3) is 0 Å². The predicted molar refractivity (Wildman–Crippen MR) is 79.2 cm³/mol. The molecule has 0 amide bonds. The zero-order valence-electron chi connectivity index (χ0n) is 10.1. The molecule has 0 saturated carbocycles. The topological polar surface area (TPSA) is 32.3 Å². The van der Waals surface area contributed by atoms with Crippen molar-refractivity contribution in [3.8, 4) is 5.75 Å². The van der Waals surface area contributed by atoms with Gasteiger partial charge in [0.1, 0.15) is 17.4 Å².